The van der Waals surface area contributed by atoms with Crippen LogP contribution in [0.4, 0.5) is 5.82 Å². The van der Waals surface area contributed by atoms with Gasteiger partial charge in [0.15, 0.2) is 11.5 Å². The summed E-state index contributed by atoms with van der Waals surface area (Å²) in [6, 6.07) is 0.220. The summed E-state index contributed by atoms with van der Waals surface area (Å²) in [5.74, 6) is 0.977. The number of hydrogen-bond donors (Lipinski definition) is 1. The van der Waals surface area contributed by atoms with E-state index in [1.807, 2.05) is 4.57 Å². The molecule has 0 spiro atoms. The molecule has 0 aliphatic rings. The molecule has 0 bridgehead atoms. The Morgan fingerprint density at radius 2 is 2.11 bits per heavy atom. The van der Waals surface area contributed by atoms with Gasteiger partial charge in [0.1, 0.15) is 11.8 Å². The first-order chi connectivity index (χ1) is 9.27. The molecule has 2 rings (SSSR count). The number of imidazole rings is 1. The van der Waals surface area contributed by atoms with Gasteiger partial charge in [-0.15, -0.1) is 11.6 Å². The van der Waals surface area contributed by atoms with Gasteiger partial charge in [0.2, 0.25) is 0 Å². The van der Waals surface area contributed by atoms with Crippen molar-refractivity contribution >= 4 is 28.6 Å². The number of nitrogen functional groups attached to an aromatic ring is 1. The molecule has 1 atom stereocenters. The number of unbranched alkanes of at least 4 members (excludes halogenated alkanes) is 3. The highest BCUT2D eigenvalue weighted by Gasteiger charge is 2.15. The summed E-state index contributed by atoms with van der Waals surface area (Å²) in [6.45, 7) is 2.21. The third kappa shape index (κ3) is 3.15. The van der Waals surface area contributed by atoms with Crippen LogP contribution < -0.4 is 5.73 Å². The number of nitrogens with two attached hydrogens (primary N) is 1. The van der Waals surface area contributed by atoms with E-state index in [0.29, 0.717) is 17.2 Å². The standard InChI is InChI=1S/C13H20ClN5/c1-2-3-4-5-6-10(7-14)19-9-18-11-12(15)16-8-17-13(11)19/h8-10H,2-7H2,1H3,(H2,15,16,17)/t10-/m1/s1. The van der Waals surface area contributed by atoms with Gasteiger partial charge in [-0.3, -0.25) is 0 Å². The second kappa shape index (κ2) is 6.70. The summed E-state index contributed by atoms with van der Waals surface area (Å²) >= 11 is 6.09. The lowest BCUT2D eigenvalue weighted by molar-refractivity contribution is 0.484. The second-order valence-electron chi connectivity index (χ2n) is 4.74. The number of fused-ring (bicyclic) bond motifs is 1. The Labute approximate surface area is 118 Å². The van der Waals surface area contributed by atoms with E-state index in [9.17, 15) is 0 Å². The van der Waals surface area contributed by atoms with Crippen LogP contribution in [0.3, 0.4) is 0 Å². The van der Waals surface area contributed by atoms with Crippen molar-refractivity contribution in [3.63, 3.8) is 0 Å². The molecule has 2 heterocycles. The Morgan fingerprint density at radius 3 is 2.84 bits per heavy atom. The summed E-state index contributed by atoms with van der Waals surface area (Å²) in [4.78, 5) is 12.5. The Bertz CT molecular complexity index is 525. The Morgan fingerprint density at radius 1 is 1.26 bits per heavy atom. The molecular weight excluding hydrogens is 262 g/mol. The summed E-state index contributed by atoms with van der Waals surface area (Å²) in [5.41, 5.74) is 7.22. The highest BCUT2D eigenvalue weighted by atomic mass is 35.5. The fourth-order valence-electron chi connectivity index (χ4n) is 2.23. The van der Waals surface area contributed by atoms with E-state index in [0.717, 1.165) is 12.1 Å². The van der Waals surface area contributed by atoms with Gasteiger partial charge in [-0.1, -0.05) is 32.6 Å². The van der Waals surface area contributed by atoms with E-state index in [2.05, 4.69) is 21.9 Å². The molecule has 0 aromatic carbocycles. The molecule has 0 fully saturated rings. The molecule has 0 aliphatic heterocycles. The van der Waals surface area contributed by atoms with Crippen LogP contribution in [0.1, 0.15) is 45.1 Å². The first-order valence-electron chi connectivity index (χ1n) is 6.76. The molecule has 0 aliphatic carbocycles. The molecule has 0 amide bonds. The number of anilines is 1. The Balaban J connectivity index is 2.14. The van der Waals surface area contributed by atoms with Crippen LogP contribution in [0.5, 0.6) is 0 Å². The molecule has 104 valence electrons. The zero-order valence-corrected chi connectivity index (χ0v) is 12.0. The minimum atomic E-state index is 0.220. The van der Waals surface area contributed by atoms with E-state index in [1.165, 1.54) is 32.0 Å². The Kier molecular flexibility index (Phi) is 4.96. The molecule has 2 aromatic heterocycles. The first-order valence-corrected chi connectivity index (χ1v) is 7.30. The van der Waals surface area contributed by atoms with Gasteiger partial charge >= 0.3 is 0 Å². The SMILES string of the molecule is CCCCCC[C@H](CCl)n1cnc2c(N)ncnc21. The van der Waals surface area contributed by atoms with E-state index in [1.54, 1.807) is 6.33 Å². The van der Waals surface area contributed by atoms with Gasteiger partial charge in [0, 0.05) is 5.88 Å². The van der Waals surface area contributed by atoms with Crippen LogP contribution in [0.15, 0.2) is 12.7 Å². The fraction of sp³-hybridized carbons (Fsp3) is 0.615. The van der Waals surface area contributed by atoms with Crippen LogP contribution >= 0.6 is 11.6 Å². The van der Waals surface area contributed by atoms with Crippen LogP contribution in [0.25, 0.3) is 11.2 Å². The van der Waals surface area contributed by atoms with Crippen molar-refractivity contribution in [2.45, 2.75) is 45.1 Å². The van der Waals surface area contributed by atoms with Crippen LogP contribution in [-0.2, 0) is 0 Å². The predicted molar refractivity (Wildman–Crippen MR) is 78.3 cm³/mol. The quantitative estimate of drug-likeness (QED) is 0.625. The molecule has 6 heteroatoms. The van der Waals surface area contributed by atoms with Gasteiger partial charge in [-0.2, -0.15) is 0 Å². The van der Waals surface area contributed by atoms with Crippen molar-refractivity contribution in [3.8, 4) is 0 Å². The summed E-state index contributed by atoms with van der Waals surface area (Å²) in [7, 11) is 0. The van der Waals surface area contributed by atoms with Crippen LogP contribution in [0.2, 0.25) is 0 Å². The maximum Gasteiger partial charge on any atom is 0.165 e. The minimum Gasteiger partial charge on any atom is -0.382 e. The highest BCUT2D eigenvalue weighted by molar-refractivity contribution is 6.18. The average Bonchev–Trinajstić information content (AvgIpc) is 2.84. The van der Waals surface area contributed by atoms with E-state index < -0.39 is 0 Å². The van der Waals surface area contributed by atoms with Gasteiger partial charge in [-0.05, 0) is 6.42 Å². The van der Waals surface area contributed by atoms with Gasteiger partial charge in [0.05, 0.1) is 12.4 Å². The molecular formula is C13H20ClN5. The van der Waals surface area contributed by atoms with E-state index in [4.69, 9.17) is 17.3 Å². The lowest BCUT2D eigenvalue weighted by Crippen LogP contribution is -2.10. The monoisotopic (exact) mass is 281 g/mol. The number of hydrogen-bond acceptors (Lipinski definition) is 4. The molecule has 19 heavy (non-hydrogen) atoms. The molecule has 0 unspecified atom stereocenters. The normalized spacial score (nSPS) is 12.9. The smallest absolute Gasteiger partial charge is 0.165 e. The molecule has 2 aromatic rings. The van der Waals surface area contributed by atoms with E-state index >= 15 is 0 Å². The number of rotatable bonds is 7. The number of halogens is 1. The van der Waals surface area contributed by atoms with Crippen molar-refractivity contribution < 1.29 is 0 Å². The lowest BCUT2D eigenvalue weighted by atomic mass is 10.1. The maximum absolute atomic E-state index is 6.09. The van der Waals surface area contributed by atoms with Crippen molar-refractivity contribution in [3.05, 3.63) is 12.7 Å². The zero-order valence-electron chi connectivity index (χ0n) is 11.2. The van der Waals surface area contributed by atoms with E-state index in [-0.39, 0.29) is 6.04 Å². The zero-order chi connectivity index (χ0) is 13.7. The summed E-state index contributed by atoms with van der Waals surface area (Å²) in [6.07, 6.45) is 9.21. The van der Waals surface area contributed by atoms with Crippen molar-refractivity contribution in [1.29, 1.82) is 0 Å². The number of nitrogens with zero attached hydrogens (tertiary/aromatic N) is 4. The summed E-state index contributed by atoms with van der Waals surface area (Å²) in [5, 5.41) is 0. The van der Waals surface area contributed by atoms with Crippen molar-refractivity contribution in [1.82, 2.24) is 19.5 Å². The van der Waals surface area contributed by atoms with Crippen molar-refractivity contribution in [2.75, 3.05) is 11.6 Å². The third-order valence-electron chi connectivity index (χ3n) is 3.35. The molecule has 5 nitrogen and oxygen atoms in total. The van der Waals surface area contributed by atoms with Crippen molar-refractivity contribution in [2.24, 2.45) is 0 Å². The highest BCUT2D eigenvalue weighted by Crippen LogP contribution is 2.23. The Hall–Kier alpha value is -1.36. The van der Waals surface area contributed by atoms with Gasteiger partial charge in [-0.25, -0.2) is 15.0 Å². The molecule has 0 radical (unpaired) electrons. The second-order valence-corrected chi connectivity index (χ2v) is 5.05. The number of aromatic nitrogens is 4. The summed E-state index contributed by atoms with van der Waals surface area (Å²) < 4.78 is 2.02. The van der Waals surface area contributed by atoms with Gasteiger partial charge in [0.25, 0.3) is 0 Å². The van der Waals surface area contributed by atoms with Crippen LogP contribution in [-0.4, -0.2) is 25.4 Å². The predicted octanol–water partition coefficient (Wildman–Crippen LogP) is 3.16. The number of alkyl halides is 1. The molecule has 0 saturated heterocycles. The minimum absolute atomic E-state index is 0.220. The van der Waals surface area contributed by atoms with Crippen LogP contribution in [0, 0.1) is 0 Å². The first kappa shape index (κ1) is 14.1. The average molecular weight is 282 g/mol. The third-order valence-corrected chi connectivity index (χ3v) is 3.71. The van der Waals surface area contributed by atoms with Gasteiger partial charge < -0.3 is 10.3 Å². The topological polar surface area (TPSA) is 69.6 Å². The lowest BCUT2D eigenvalue weighted by Gasteiger charge is -2.15. The fourth-order valence-corrected chi connectivity index (χ4v) is 2.54. The largest absolute Gasteiger partial charge is 0.382 e. The molecule has 2 N–H and O–H groups in total. The molecule has 0 saturated carbocycles. The maximum atomic E-state index is 6.09.